The standard InChI is InChI=1S/C14H21N5/c1-11-7-14(18(2)17-11)9-15-12-8-16-19(10-12)13-5-3-4-6-13/h7-8,10,13,15H,3-6,9H2,1-2H3. The fraction of sp³-hybridized carbons (Fsp3) is 0.571. The zero-order valence-corrected chi connectivity index (χ0v) is 11.6. The number of hydrogen-bond acceptors (Lipinski definition) is 3. The predicted octanol–water partition coefficient (Wildman–Crippen LogP) is 2.65. The molecule has 1 N–H and O–H groups in total. The number of nitrogens with zero attached hydrogens (tertiary/aromatic N) is 4. The Hall–Kier alpha value is -1.78. The highest BCUT2D eigenvalue weighted by Crippen LogP contribution is 2.29. The molecule has 102 valence electrons. The Morgan fingerprint density at radius 2 is 2.16 bits per heavy atom. The molecule has 0 bridgehead atoms. The van der Waals surface area contributed by atoms with Crippen molar-refractivity contribution in [3.63, 3.8) is 0 Å². The molecule has 19 heavy (non-hydrogen) atoms. The molecule has 2 aromatic rings. The minimum Gasteiger partial charge on any atom is -0.377 e. The Labute approximate surface area is 113 Å². The van der Waals surface area contributed by atoms with E-state index < -0.39 is 0 Å². The summed E-state index contributed by atoms with van der Waals surface area (Å²) in [6.45, 7) is 2.80. The molecule has 0 amide bonds. The molecule has 0 radical (unpaired) electrons. The van der Waals surface area contributed by atoms with Crippen LogP contribution in [0.4, 0.5) is 5.69 Å². The van der Waals surface area contributed by atoms with Crippen LogP contribution >= 0.6 is 0 Å². The van der Waals surface area contributed by atoms with E-state index in [0.717, 1.165) is 17.9 Å². The summed E-state index contributed by atoms with van der Waals surface area (Å²) in [5.74, 6) is 0. The first-order valence-electron chi connectivity index (χ1n) is 7.00. The quantitative estimate of drug-likeness (QED) is 0.918. The molecule has 0 spiro atoms. The highest BCUT2D eigenvalue weighted by molar-refractivity contribution is 5.38. The van der Waals surface area contributed by atoms with E-state index in [1.54, 1.807) is 0 Å². The van der Waals surface area contributed by atoms with E-state index in [2.05, 4.69) is 32.5 Å². The molecule has 5 nitrogen and oxygen atoms in total. The molecular weight excluding hydrogens is 238 g/mol. The fourth-order valence-electron chi connectivity index (χ4n) is 2.82. The van der Waals surface area contributed by atoms with Crippen molar-refractivity contribution >= 4 is 5.69 Å². The maximum absolute atomic E-state index is 4.47. The van der Waals surface area contributed by atoms with Gasteiger partial charge in [0, 0.05) is 13.2 Å². The Morgan fingerprint density at radius 1 is 1.37 bits per heavy atom. The van der Waals surface area contributed by atoms with Crippen LogP contribution in [0.3, 0.4) is 0 Å². The normalized spacial score (nSPS) is 16.1. The number of rotatable bonds is 4. The van der Waals surface area contributed by atoms with Crippen molar-refractivity contribution in [2.75, 3.05) is 5.32 Å². The SMILES string of the molecule is Cc1cc(CNc2cnn(C3CCCC3)c2)n(C)n1. The zero-order chi connectivity index (χ0) is 13.2. The van der Waals surface area contributed by atoms with Gasteiger partial charge in [0.05, 0.1) is 35.9 Å². The Bertz CT molecular complexity index is 548. The van der Waals surface area contributed by atoms with Gasteiger partial charge in [-0.15, -0.1) is 0 Å². The third-order valence-corrected chi connectivity index (χ3v) is 3.87. The summed E-state index contributed by atoms with van der Waals surface area (Å²) in [5, 5.41) is 12.2. The van der Waals surface area contributed by atoms with E-state index in [0.29, 0.717) is 6.04 Å². The number of hydrogen-bond donors (Lipinski definition) is 1. The lowest BCUT2D eigenvalue weighted by atomic mass is 10.3. The highest BCUT2D eigenvalue weighted by atomic mass is 15.3. The second-order valence-electron chi connectivity index (χ2n) is 5.40. The fourth-order valence-corrected chi connectivity index (χ4v) is 2.82. The molecule has 0 aliphatic heterocycles. The van der Waals surface area contributed by atoms with Crippen LogP contribution in [0.15, 0.2) is 18.5 Å². The summed E-state index contributed by atoms with van der Waals surface area (Å²) in [5.41, 5.74) is 3.33. The van der Waals surface area contributed by atoms with E-state index in [1.807, 2.05) is 24.9 Å². The third-order valence-electron chi connectivity index (χ3n) is 3.87. The van der Waals surface area contributed by atoms with Gasteiger partial charge in [-0.3, -0.25) is 9.36 Å². The summed E-state index contributed by atoms with van der Waals surface area (Å²) in [6.07, 6.45) is 9.24. The first kappa shape index (κ1) is 12.3. The van der Waals surface area contributed by atoms with Crippen LogP contribution < -0.4 is 5.32 Å². The number of nitrogens with one attached hydrogen (secondary N) is 1. The maximum atomic E-state index is 4.47. The minimum absolute atomic E-state index is 0.606. The number of aromatic nitrogens is 4. The molecule has 3 rings (SSSR count). The molecule has 1 fully saturated rings. The summed E-state index contributed by atoms with van der Waals surface area (Å²) in [6, 6.07) is 2.71. The summed E-state index contributed by atoms with van der Waals surface area (Å²) < 4.78 is 4.04. The van der Waals surface area contributed by atoms with Crippen LogP contribution in [0, 0.1) is 6.92 Å². The first-order chi connectivity index (χ1) is 9.22. The van der Waals surface area contributed by atoms with Crippen LogP contribution in [-0.4, -0.2) is 19.6 Å². The monoisotopic (exact) mass is 259 g/mol. The zero-order valence-electron chi connectivity index (χ0n) is 11.6. The smallest absolute Gasteiger partial charge is 0.0729 e. The molecule has 0 unspecified atom stereocenters. The van der Waals surface area contributed by atoms with E-state index in [4.69, 9.17) is 0 Å². The van der Waals surface area contributed by atoms with Crippen molar-refractivity contribution in [3.05, 3.63) is 29.8 Å². The van der Waals surface area contributed by atoms with E-state index >= 15 is 0 Å². The average Bonchev–Trinajstić information content (AvgIpc) is 3.07. The lowest BCUT2D eigenvalue weighted by molar-refractivity contribution is 0.467. The molecule has 2 aromatic heterocycles. The second-order valence-corrected chi connectivity index (χ2v) is 5.40. The van der Waals surface area contributed by atoms with Crippen molar-refractivity contribution in [1.29, 1.82) is 0 Å². The third kappa shape index (κ3) is 2.64. The van der Waals surface area contributed by atoms with Crippen LogP contribution in [0.5, 0.6) is 0 Å². The summed E-state index contributed by atoms with van der Waals surface area (Å²) in [4.78, 5) is 0. The van der Waals surface area contributed by atoms with Crippen LogP contribution in [-0.2, 0) is 13.6 Å². The molecular formula is C14H21N5. The average molecular weight is 259 g/mol. The molecule has 1 saturated carbocycles. The van der Waals surface area contributed by atoms with Crippen molar-refractivity contribution in [3.8, 4) is 0 Å². The molecule has 1 aliphatic rings. The minimum atomic E-state index is 0.606. The van der Waals surface area contributed by atoms with Crippen molar-refractivity contribution in [2.45, 2.75) is 45.2 Å². The van der Waals surface area contributed by atoms with Gasteiger partial charge in [-0.25, -0.2) is 0 Å². The lowest BCUT2D eigenvalue weighted by Crippen LogP contribution is -2.06. The molecule has 0 aromatic carbocycles. The van der Waals surface area contributed by atoms with E-state index in [-0.39, 0.29) is 0 Å². The van der Waals surface area contributed by atoms with Crippen molar-refractivity contribution < 1.29 is 0 Å². The van der Waals surface area contributed by atoms with Gasteiger partial charge in [-0.05, 0) is 25.8 Å². The number of aryl methyl sites for hydroxylation is 2. The Kier molecular flexibility index (Phi) is 3.27. The Morgan fingerprint density at radius 3 is 2.84 bits per heavy atom. The lowest BCUT2D eigenvalue weighted by Gasteiger charge is -2.08. The van der Waals surface area contributed by atoms with Crippen LogP contribution in [0.25, 0.3) is 0 Å². The highest BCUT2D eigenvalue weighted by Gasteiger charge is 2.17. The van der Waals surface area contributed by atoms with Crippen LogP contribution in [0.2, 0.25) is 0 Å². The van der Waals surface area contributed by atoms with Gasteiger partial charge in [-0.1, -0.05) is 12.8 Å². The maximum Gasteiger partial charge on any atom is 0.0729 e. The van der Waals surface area contributed by atoms with E-state index in [1.165, 1.54) is 31.4 Å². The van der Waals surface area contributed by atoms with Crippen LogP contribution in [0.1, 0.15) is 43.1 Å². The van der Waals surface area contributed by atoms with Gasteiger partial charge < -0.3 is 5.32 Å². The predicted molar refractivity (Wildman–Crippen MR) is 75.0 cm³/mol. The van der Waals surface area contributed by atoms with Gasteiger partial charge in [0.15, 0.2) is 0 Å². The van der Waals surface area contributed by atoms with E-state index in [9.17, 15) is 0 Å². The van der Waals surface area contributed by atoms with Gasteiger partial charge >= 0.3 is 0 Å². The van der Waals surface area contributed by atoms with Gasteiger partial charge in [0.1, 0.15) is 0 Å². The number of anilines is 1. The topological polar surface area (TPSA) is 47.7 Å². The molecule has 0 atom stereocenters. The summed E-state index contributed by atoms with van der Waals surface area (Å²) in [7, 11) is 1.98. The van der Waals surface area contributed by atoms with Crippen molar-refractivity contribution in [2.24, 2.45) is 7.05 Å². The first-order valence-corrected chi connectivity index (χ1v) is 7.00. The summed E-state index contributed by atoms with van der Waals surface area (Å²) >= 11 is 0. The van der Waals surface area contributed by atoms with Crippen molar-refractivity contribution in [1.82, 2.24) is 19.6 Å². The molecule has 1 aliphatic carbocycles. The molecule has 0 saturated heterocycles. The Balaban J connectivity index is 1.62. The molecule has 5 heteroatoms. The van der Waals surface area contributed by atoms with Gasteiger partial charge in [-0.2, -0.15) is 10.2 Å². The second kappa shape index (κ2) is 5.07. The largest absolute Gasteiger partial charge is 0.377 e. The van der Waals surface area contributed by atoms with Gasteiger partial charge in [0.2, 0.25) is 0 Å². The molecule has 2 heterocycles. The van der Waals surface area contributed by atoms with Gasteiger partial charge in [0.25, 0.3) is 0 Å².